The molecule has 0 atom stereocenters. The summed E-state index contributed by atoms with van der Waals surface area (Å²) in [5.74, 6) is 1.52. The Labute approximate surface area is 134 Å². The molecule has 0 fully saturated rings. The molecular weight excluding hydrogens is 330 g/mol. The maximum atomic E-state index is 5.70. The van der Waals surface area contributed by atoms with Crippen LogP contribution < -0.4 is 5.32 Å². The molecule has 0 bridgehead atoms. The molecule has 1 N–H and O–H groups in total. The minimum atomic E-state index is 0.492. The number of hydrogen-bond donors (Lipinski definition) is 1. The summed E-state index contributed by atoms with van der Waals surface area (Å²) in [4.78, 5) is 0. The lowest BCUT2D eigenvalue weighted by atomic mass is 10.2. The van der Waals surface area contributed by atoms with Gasteiger partial charge in [-0.2, -0.15) is 0 Å². The van der Waals surface area contributed by atoms with Crippen LogP contribution >= 0.6 is 15.9 Å². The Hall–Kier alpha value is -1.10. The topological polar surface area (TPSA) is 34.4 Å². The minimum Gasteiger partial charge on any atom is -0.467 e. The van der Waals surface area contributed by atoms with Crippen LogP contribution in [0.1, 0.15) is 30.7 Å². The first-order valence-electron chi connectivity index (χ1n) is 7.23. The summed E-state index contributed by atoms with van der Waals surface area (Å²) in [7, 11) is 0. The first-order valence-corrected chi connectivity index (χ1v) is 8.02. The van der Waals surface area contributed by atoms with Gasteiger partial charge in [0, 0.05) is 16.6 Å². The van der Waals surface area contributed by atoms with E-state index in [1.807, 2.05) is 30.3 Å². The van der Waals surface area contributed by atoms with Gasteiger partial charge in [0.1, 0.15) is 12.4 Å². The highest BCUT2D eigenvalue weighted by Crippen LogP contribution is 2.17. The standard InChI is InChI=1S/C17H22BrNO2/c1-13(2)8-19-9-14-7-16(21-10-14)12-20-11-15-5-3-4-6-17(15)18/h3-7,10,13,19H,8-9,11-12H2,1-2H3. The van der Waals surface area contributed by atoms with Gasteiger partial charge in [-0.05, 0) is 30.2 Å². The molecule has 0 amide bonds. The molecule has 0 aliphatic rings. The van der Waals surface area contributed by atoms with Crippen molar-refractivity contribution in [1.29, 1.82) is 0 Å². The van der Waals surface area contributed by atoms with Crippen LogP contribution in [-0.2, 0) is 24.5 Å². The number of halogens is 1. The van der Waals surface area contributed by atoms with Gasteiger partial charge < -0.3 is 14.5 Å². The molecule has 1 aromatic heterocycles. The molecule has 1 aromatic carbocycles. The third-order valence-corrected chi connectivity index (χ3v) is 3.82. The Morgan fingerprint density at radius 3 is 2.81 bits per heavy atom. The summed E-state index contributed by atoms with van der Waals surface area (Å²) in [6.45, 7) is 7.31. The van der Waals surface area contributed by atoms with Gasteiger partial charge in [0.25, 0.3) is 0 Å². The van der Waals surface area contributed by atoms with Crippen molar-refractivity contribution in [2.45, 2.75) is 33.6 Å². The van der Waals surface area contributed by atoms with Crippen LogP contribution in [0, 0.1) is 5.92 Å². The van der Waals surface area contributed by atoms with E-state index in [-0.39, 0.29) is 0 Å². The Balaban J connectivity index is 1.74. The normalized spacial score (nSPS) is 11.2. The fraction of sp³-hybridized carbons (Fsp3) is 0.412. The lowest BCUT2D eigenvalue weighted by Gasteiger charge is -2.05. The fourth-order valence-electron chi connectivity index (χ4n) is 1.98. The zero-order valence-electron chi connectivity index (χ0n) is 12.6. The molecule has 2 rings (SSSR count). The molecule has 4 heteroatoms. The molecule has 0 aliphatic heterocycles. The van der Waals surface area contributed by atoms with Gasteiger partial charge in [-0.3, -0.25) is 0 Å². The van der Waals surface area contributed by atoms with E-state index in [0.717, 1.165) is 34.4 Å². The summed E-state index contributed by atoms with van der Waals surface area (Å²) in [6, 6.07) is 10.1. The molecule has 114 valence electrons. The van der Waals surface area contributed by atoms with E-state index in [9.17, 15) is 0 Å². The smallest absolute Gasteiger partial charge is 0.129 e. The maximum absolute atomic E-state index is 5.70. The fourth-order valence-corrected chi connectivity index (χ4v) is 2.38. The minimum absolute atomic E-state index is 0.492. The second kappa shape index (κ2) is 8.37. The maximum Gasteiger partial charge on any atom is 0.129 e. The number of nitrogens with one attached hydrogen (secondary N) is 1. The van der Waals surface area contributed by atoms with Crippen LogP contribution in [-0.4, -0.2) is 6.54 Å². The van der Waals surface area contributed by atoms with Gasteiger partial charge >= 0.3 is 0 Å². The first-order chi connectivity index (χ1) is 10.1. The summed E-state index contributed by atoms with van der Waals surface area (Å²) in [5, 5.41) is 3.40. The lowest BCUT2D eigenvalue weighted by Crippen LogP contribution is -2.18. The SMILES string of the molecule is CC(C)CNCc1coc(COCc2ccccc2Br)c1. The van der Waals surface area contributed by atoms with E-state index in [4.69, 9.17) is 9.15 Å². The van der Waals surface area contributed by atoms with E-state index in [2.05, 4.69) is 35.1 Å². The van der Waals surface area contributed by atoms with Gasteiger partial charge in [0.2, 0.25) is 0 Å². The third kappa shape index (κ3) is 5.65. The van der Waals surface area contributed by atoms with Crippen LogP contribution in [0.25, 0.3) is 0 Å². The van der Waals surface area contributed by atoms with Crippen LogP contribution in [0.2, 0.25) is 0 Å². The second-order valence-electron chi connectivity index (χ2n) is 5.53. The molecule has 0 unspecified atom stereocenters. The molecule has 0 spiro atoms. The Bertz CT molecular complexity index is 551. The Kier molecular flexibility index (Phi) is 6.49. The average molecular weight is 352 g/mol. The summed E-state index contributed by atoms with van der Waals surface area (Å²) in [6.07, 6.45) is 1.80. The highest BCUT2D eigenvalue weighted by atomic mass is 79.9. The quantitative estimate of drug-likeness (QED) is 0.759. The highest BCUT2D eigenvalue weighted by molar-refractivity contribution is 9.10. The van der Waals surface area contributed by atoms with Crippen LogP contribution in [0.3, 0.4) is 0 Å². The number of hydrogen-bond acceptors (Lipinski definition) is 3. The summed E-state index contributed by atoms with van der Waals surface area (Å²) < 4.78 is 12.3. The molecule has 2 aromatic rings. The monoisotopic (exact) mass is 351 g/mol. The summed E-state index contributed by atoms with van der Waals surface area (Å²) in [5.41, 5.74) is 2.30. The van der Waals surface area contributed by atoms with Crippen molar-refractivity contribution in [3.63, 3.8) is 0 Å². The zero-order valence-corrected chi connectivity index (χ0v) is 14.2. The predicted molar refractivity (Wildman–Crippen MR) is 87.9 cm³/mol. The van der Waals surface area contributed by atoms with Gasteiger partial charge in [-0.15, -0.1) is 0 Å². The highest BCUT2D eigenvalue weighted by Gasteiger charge is 2.04. The van der Waals surface area contributed by atoms with Crippen molar-refractivity contribution in [3.8, 4) is 0 Å². The third-order valence-electron chi connectivity index (χ3n) is 3.05. The Morgan fingerprint density at radius 2 is 2.05 bits per heavy atom. The first kappa shape index (κ1) is 16.3. The second-order valence-corrected chi connectivity index (χ2v) is 6.38. The van der Waals surface area contributed by atoms with Crippen molar-refractivity contribution in [2.24, 2.45) is 5.92 Å². The van der Waals surface area contributed by atoms with Crippen molar-refractivity contribution in [2.75, 3.05) is 6.54 Å². The van der Waals surface area contributed by atoms with Crippen molar-refractivity contribution >= 4 is 15.9 Å². The predicted octanol–water partition coefficient (Wildman–Crippen LogP) is 4.50. The molecule has 0 saturated heterocycles. The largest absolute Gasteiger partial charge is 0.467 e. The molecule has 21 heavy (non-hydrogen) atoms. The number of benzene rings is 1. The number of rotatable bonds is 8. The zero-order chi connectivity index (χ0) is 15.1. The molecular formula is C17H22BrNO2. The summed E-state index contributed by atoms with van der Waals surface area (Å²) >= 11 is 3.52. The van der Waals surface area contributed by atoms with Crippen LogP contribution in [0.15, 0.2) is 45.5 Å². The van der Waals surface area contributed by atoms with Crippen molar-refractivity contribution in [1.82, 2.24) is 5.32 Å². The Morgan fingerprint density at radius 1 is 1.24 bits per heavy atom. The van der Waals surface area contributed by atoms with Crippen molar-refractivity contribution < 1.29 is 9.15 Å². The van der Waals surface area contributed by atoms with Gasteiger partial charge in [0.05, 0.1) is 12.9 Å². The molecule has 0 radical (unpaired) electrons. The van der Waals surface area contributed by atoms with Crippen molar-refractivity contribution in [3.05, 3.63) is 58.0 Å². The molecule has 0 saturated carbocycles. The molecule has 0 aliphatic carbocycles. The van der Waals surface area contributed by atoms with Gasteiger partial charge in [0.15, 0.2) is 0 Å². The number of ether oxygens (including phenoxy) is 1. The van der Waals surface area contributed by atoms with E-state index in [1.54, 1.807) is 6.26 Å². The van der Waals surface area contributed by atoms with E-state index < -0.39 is 0 Å². The van der Waals surface area contributed by atoms with E-state index >= 15 is 0 Å². The van der Waals surface area contributed by atoms with Gasteiger partial charge in [-0.25, -0.2) is 0 Å². The van der Waals surface area contributed by atoms with E-state index in [0.29, 0.717) is 19.1 Å². The number of furan rings is 1. The average Bonchev–Trinajstić information content (AvgIpc) is 2.88. The lowest BCUT2D eigenvalue weighted by molar-refractivity contribution is 0.0926. The van der Waals surface area contributed by atoms with E-state index in [1.165, 1.54) is 0 Å². The molecule has 1 heterocycles. The molecule has 3 nitrogen and oxygen atoms in total. The van der Waals surface area contributed by atoms with Gasteiger partial charge in [-0.1, -0.05) is 48.0 Å². The van der Waals surface area contributed by atoms with Crippen LogP contribution in [0.5, 0.6) is 0 Å². The van der Waals surface area contributed by atoms with Crippen LogP contribution in [0.4, 0.5) is 0 Å².